The van der Waals surface area contributed by atoms with Crippen molar-refractivity contribution in [3.8, 4) is 0 Å². The topological polar surface area (TPSA) is 64.4 Å². The normalized spacial score (nSPS) is 11.9. The summed E-state index contributed by atoms with van der Waals surface area (Å²) in [5.41, 5.74) is 8.30. The molecule has 0 aliphatic heterocycles. The fraction of sp³-hybridized carbons (Fsp3) is 0.350. The van der Waals surface area contributed by atoms with E-state index >= 15 is 0 Å². The van der Waals surface area contributed by atoms with E-state index in [9.17, 15) is 4.79 Å². The molecule has 0 aromatic heterocycles. The zero-order chi connectivity index (χ0) is 17.0. The third kappa shape index (κ3) is 6.94. The number of rotatable bonds is 10. The first-order valence-electron chi connectivity index (χ1n) is 8.44. The van der Waals surface area contributed by atoms with Gasteiger partial charge in [0.15, 0.2) is 0 Å². The van der Waals surface area contributed by atoms with E-state index in [0.717, 1.165) is 18.4 Å². The first-order chi connectivity index (χ1) is 11.8. The SMILES string of the molecule is NC(CC(=O)NCCCOCCc1ccccc1)c1ccccc1. The lowest BCUT2D eigenvalue weighted by atomic mass is 10.0. The number of nitrogens with one attached hydrogen (secondary N) is 1. The molecule has 2 aromatic carbocycles. The van der Waals surface area contributed by atoms with Gasteiger partial charge in [0.2, 0.25) is 5.91 Å². The molecule has 0 saturated heterocycles. The highest BCUT2D eigenvalue weighted by Crippen LogP contribution is 2.12. The van der Waals surface area contributed by atoms with Crippen LogP contribution in [0.5, 0.6) is 0 Å². The van der Waals surface area contributed by atoms with Crippen LogP contribution in [0.15, 0.2) is 60.7 Å². The molecule has 0 heterocycles. The van der Waals surface area contributed by atoms with Crippen molar-refractivity contribution >= 4 is 5.91 Å². The van der Waals surface area contributed by atoms with Crippen molar-refractivity contribution in [2.24, 2.45) is 5.73 Å². The van der Waals surface area contributed by atoms with Crippen molar-refractivity contribution in [1.29, 1.82) is 0 Å². The average Bonchev–Trinajstić information content (AvgIpc) is 2.62. The molecule has 0 radical (unpaired) electrons. The van der Waals surface area contributed by atoms with E-state index < -0.39 is 0 Å². The minimum Gasteiger partial charge on any atom is -0.381 e. The Kier molecular flexibility index (Phi) is 8.01. The van der Waals surface area contributed by atoms with Crippen LogP contribution in [-0.2, 0) is 16.0 Å². The van der Waals surface area contributed by atoms with Crippen molar-refractivity contribution in [1.82, 2.24) is 5.32 Å². The van der Waals surface area contributed by atoms with Crippen LogP contribution < -0.4 is 11.1 Å². The Morgan fingerprint density at radius 1 is 1.00 bits per heavy atom. The maximum absolute atomic E-state index is 11.9. The molecule has 0 bridgehead atoms. The molecule has 1 amide bonds. The van der Waals surface area contributed by atoms with Crippen molar-refractivity contribution in [2.75, 3.05) is 19.8 Å². The Balaban J connectivity index is 1.50. The second-order valence-electron chi connectivity index (χ2n) is 5.77. The number of amides is 1. The second-order valence-corrected chi connectivity index (χ2v) is 5.77. The Hall–Kier alpha value is -2.17. The predicted molar refractivity (Wildman–Crippen MR) is 96.6 cm³/mol. The van der Waals surface area contributed by atoms with E-state index in [1.807, 2.05) is 48.5 Å². The van der Waals surface area contributed by atoms with E-state index in [0.29, 0.717) is 26.2 Å². The number of benzene rings is 2. The largest absolute Gasteiger partial charge is 0.381 e. The lowest BCUT2D eigenvalue weighted by Crippen LogP contribution is -2.28. The van der Waals surface area contributed by atoms with Gasteiger partial charge in [0.05, 0.1) is 6.61 Å². The zero-order valence-electron chi connectivity index (χ0n) is 14.0. The monoisotopic (exact) mass is 326 g/mol. The molecule has 3 N–H and O–H groups in total. The molecule has 0 fully saturated rings. The summed E-state index contributed by atoms with van der Waals surface area (Å²) in [5, 5.41) is 2.89. The summed E-state index contributed by atoms with van der Waals surface area (Å²) in [5.74, 6) is -0.0179. The molecule has 2 rings (SSSR count). The summed E-state index contributed by atoms with van der Waals surface area (Å²) in [4.78, 5) is 11.9. The van der Waals surface area contributed by atoms with Crippen LogP contribution in [0.25, 0.3) is 0 Å². The average molecular weight is 326 g/mol. The van der Waals surface area contributed by atoms with Gasteiger partial charge in [-0.3, -0.25) is 4.79 Å². The molecule has 4 heteroatoms. The van der Waals surface area contributed by atoms with Crippen LogP contribution in [0, 0.1) is 0 Å². The first kappa shape index (κ1) is 18.2. The Morgan fingerprint density at radius 2 is 1.67 bits per heavy atom. The molecular formula is C20H26N2O2. The minimum atomic E-state index is -0.256. The van der Waals surface area contributed by atoms with E-state index in [1.54, 1.807) is 0 Å². The summed E-state index contributed by atoms with van der Waals surface area (Å²) < 4.78 is 5.59. The smallest absolute Gasteiger partial charge is 0.221 e. The van der Waals surface area contributed by atoms with Crippen molar-refractivity contribution in [2.45, 2.75) is 25.3 Å². The van der Waals surface area contributed by atoms with Crippen LogP contribution >= 0.6 is 0 Å². The molecule has 0 aliphatic rings. The van der Waals surface area contributed by atoms with E-state index in [1.165, 1.54) is 5.56 Å². The fourth-order valence-electron chi connectivity index (χ4n) is 2.43. The summed E-state index contributed by atoms with van der Waals surface area (Å²) in [6, 6.07) is 19.7. The number of carbonyl (C=O) groups excluding carboxylic acids is 1. The lowest BCUT2D eigenvalue weighted by molar-refractivity contribution is -0.121. The van der Waals surface area contributed by atoms with Crippen molar-refractivity contribution < 1.29 is 9.53 Å². The van der Waals surface area contributed by atoms with Gasteiger partial charge in [0.25, 0.3) is 0 Å². The molecule has 24 heavy (non-hydrogen) atoms. The van der Waals surface area contributed by atoms with Crippen LogP contribution in [-0.4, -0.2) is 25.7 Å². The lowest BCUT2D eigenvalue weighted by Gasteiger charge is -2.12. The number of nitrogens with two attached hydrogens (primary N) is 1. The highest BCUT2D eigenvalue weighted by atomic mass is 16.5. The molecule has 0 aliphatic carbocycles. The summed E-state index contributed by atoms with van der Waals surface area (Å²) >= 11 is 0. The molecule has 4 nitrogen and oxygen atoms in total. The summed E-state index contributed by atoms with van der Waals surface area (Å²) in [6.07, 6.45) is 2.03. The molecule has 128 valence electrons. The third-order valence-corrected chi connectivity index (χ3v) is 3.80. The third-order valence-electron chi connectivity index (χ3n) is 3.80. The summed E-state index contributed by atoms with van der Waals surface area (Å²) in [6.45, 7) is 1.97. The second kappa shape index (κ2) is 10.6. The molecular weight excluding hydrogens is 300 g/mol. The first-order valence-corrected chi connectivity index (χ1v) is 8.44. The van der Waals surface area contributed by atoms with Crippen LogP contribution in [0.4, 0.5) is 0 Å². The van der Waals surface area contributed by atoms with Crippen LogP contribution in [0.2, 0.25) is 0 Å². The number of carbonyl (C=O) groups is 1. The van der Waals surface area contributed by atoms with E-state index in [-0.39, 0.29) is 11.9 Å². The number of hydrogen-bond donors (Lipinski definition) is 2. The van der Waals surface area contributed by atoms with Gasteiger partial charge in [-0.25, -0.2) is 0 Å². The van der Waals surface area contributed by atoms with Gasteiger partial charge in [-0.05, 0) is 24.0 Å². The van der Waals surface area contributed by atoms with Crippen LogP contribution in [0.1, 0.15) is 30.0 Å². The Morgan fingerprint density at radius 3 is 2.38 bits per heavy atom. The van der Waals surface area contributed by atoms with Crippen molar-refractivity contribution in [3.05, 3.63) is 71.8 Å². The van der Waals surface area contributed by atoms with Gasteiger partial charge in [0.1, 0.15) is 0 Å². The van der Waals surface area contributed by atoms with Gasteiger partial charge in [-0.1, -0.05) is 60.7 Å². The van der Waals surface area contributed by atoms with E-state index in [2.05, 4.69) is 17.4 Å². The van der Waals surface area contributed by atoms with Crippen LogP contribution in [0.3, 0.4) is 0 Å². The van der Waals surface area contributed by atoms with Gasteiger partial charge < -0.3 is 15.8 Å². The molecule has 0 saturated carbocycles. The van der Waals surface area contributed by atoms with Gasteiger partial charge in [-0.15, -0.1) is 0 Å². The zero-order valence-corrected chi connectivity index (χ0v) is 14.0. The minimum absolute atomic E-state index is 0.0179. The standard InChI is InChI=1S/C20H26N2O2/c21-19(18-10-5-2-6-11-18)16-20(23)22-13-7-14-24-15-12-17-8-3-1-4-9-17/h1-6,8-11,19H,7,12-16,21H2,(H,22,23). The van der Waals surface area contributed by atoms with Gasteiger partial charge in [-0.2, -0.15) is 0 Å². The number of ether oxygens (including phenoxy) is 1. The quantitative estimate of drug-likeness (QED) is 0.660. The molecule has 1 unspecified atom stereocenters. The maximum atomic E-state index is 11.9. The van der Waals surface area contributed by atoms with Gasteiger partial charge in [0, 0.05) is 25.6 Å². The Bertz CT molecular complexity index is 587. The number of hydrogen-bond acceptors (Lipinski definition) is 3. The predicted octanol–water partition coefficient (Wildman–Crippen LogP) is 2.84. The molecule has 2 aromatic rings. The highest BCUT2D eigenvalue weighted by Gasteiger charge is 2.10. The van der Waals surface area contributed by atoms with Crippen molar-refractivity contribution in [3.63, 3.8) is 0 Å². The molecule has 1 atom stereocenters. The highest BCUT2D eigenvalue weighted by molar-refractivity contribution is 5.76. The van der Waals surface area contributed by atoms with Gasteiger partial charge >= 0.3 is 0 Å². The fourth-order valence-corrected chi connectivity index (χ4v) is 2.43. The maximum Gasteiger partial charge on any atom is 0.221 e. The molecule has 0 spiro atoms. The van der Waals surface area contributed by atoms with E-state index in [4.69, 9.17) is 10.5 Å². The summed E-state index contributed by atoms with van der Waals surface area (Å²) in [7, 11) is 0. The Labute approximate surface area is 144 Å².